The molecule has 0 amide bonds. The van der Waals surface area contributed by atoms with Crippen molar-refractivity contribution < 1.29 is 19.7 Å². The molecular weight excluding hydrogens is 344 g/mol. The number of Topliss-reactive ketones (excluding diaryl/α,β-unsaturated/α-hetero) is 1. The summed E-state index contributed by atoms with van der Waals surface area (Å²) in [5.74, 6) is 0.106. The van der Waals surface area contributed by atoms with Gasteiger partial charge in [-0.3, -0.25) is 9.69 Å². The number of nitrogens with zero attached hydrogens (tertiary/aromatic N) is 2. The van der Waals surface area contributed by atoms with Crippen LogP contribution in [0.2, 0.25) is 0 Å². The van der Waals surface area contributed by atoms with E-state index < -0.39 is 5.54 Å². The standard InChI is InChI=1S/C21H32N2O4/c1-3-9-21(4-2,23-12-16-27-17-13-23)20(26)18-5-7-19(8-6-18)22(10-14-24)11-15-25/h3,5-8,24-25H,1,4,9-17H2,2H3. The molecule has 1 aliphatic rings. The Morgan fingerprint density at radius 3 is 2.30 bits per heavy atom. The molecule has 1 saturated heterocycles. The van der Waals surface area contributed by atoms with Gasteiger partial charge in [-0.1, -0.05) is 13.0 Å². The number of aliphatic hydroxyl groups excluding tert-OH is 2. The van der Waals surface area contributed by atoms with Crippen LogP contribution in [0.25, 0.3) is 0 Å². The molecule has 0 bridgehead atoms. The highest BCUT2D eigenvalue weighted by atomic mass is 16.5. The number of anilines is 1. The van der Waals surface area contributed by atoms with Crippen LogP contribution in [0.5, 0.6) is 0 Å². The van der Waals surface area contributed by atoms with Crippen LogP contribution in [0, 0.1) is 0 Å². The molecule has 1 aromatic rings. The summed E-state index contributed by atoms with van der Waals surface area (Å²) in [6, 6.07) is 7.44. The fourth-order valence-electron chi connectivity index (χ4n) is 3.83. The summed E-state index contributed by atoms with van der Waals surface area (Å²) in [6.45, 7) is 9.60. The van der Waals surface area contributed by atoms with Gasteiger partial charge in [0.05, 0.1) is 32.0 Å². The van der Waals surface area contributed by atoms with E-state index in [1.807, 2.05) is 35.2 Å². The predicted molar refractivity (Wildman–Crippen MR) is 107 cm³/mol. The van der Waals surface area contributed by atoms with Crippen molar-refractivity contribution in [3.8, 4) is 0 Å². The van der Waals surface area contributed by atoms with E-state index in [4.69, 9.17) is 4.74 Å². The van der Waals surface area contributed by atoms with E-state index in [0.717, 1.165) is 18.8 Å². The van der Waals surface area contributed by atoms with Crippen molar-refractivity contribution in [1.82, 2.24) is 4.90 Å². The van der Waals surface area contributed by atoms with Gasteiger partial charge in [0.1, 0.15) is 0 Å². The molecule has 2 N–H and O–H groups in total. The van der Waals surface area contributed by atoms with Gasteiger partial charge in [-0.25, -0.2) is 0 Å². The van der Waals surface area contributed by atoms with Crippen LogP contribution in [0.15, 0.2) is 36.9 Å². The Morgan fingerprint density at radius 2 is 1.81 bits per heavy atom. The van der Waals surface area contributed by atoms with Crippen LogP contribution < -0.4 is 4.90 Å². The van der Waals surface area contributed by atoms with Crippen LogP contribution in [0.3, 0.4) is 0 Å². The highest BCUT2D eigenvalue weighted by molar-refractivity contribution is 6.03. The Balaban J connectivity index is 2.27. The zero-order valence-corrected chi connectivity index (χ0v) is 16.3. The normalized spacial score (nSPS) is 17.3. The van der Waals surface area contributed by atoms with E-state index in [-0.39, 0.29) is 19.0 Å². The summed E-state index contributed by atoms with van der Waals surface area (Å²) in [7, 11) is 0. The SMILES string of the molecule is C=CCC(CC)(C(=O)c1ccc(N(CCO)CCO)cc1)N1CCOCC1. The molecule has 150 valence electrons. The molecule has 0 aliphatic carbocycles. The first-order valence-corrected chi connectivity index (χ1v) is 9.68. The van der Waals surface area contributed by atoms with Gasteiger partial charge in [-0.2, -0.15) is 0 Å². The quantitative estimate of drug-likeness (QED) is 0.453. The molecule has 1 unspecified atom stereocenters. The molecule has 1 aromatic carbocycles. The average Bonchev–Trinajstić information content (AvgIpc) is 2.72. The average molecular weight is 376 g/mol. The minimum atomic E-state index is -0.594. The number of morpholine rings is 1. The number of hydrogen-bond donors (Lipinski definition) is 2. The van der Waals surface area contributed by atoms with Crippen molar-refractivity contribution >= 4 is 11.5 Å². The van der Waals surface area contributed by atoms with Crippen molar-refractivity contribution in [3.05, 3.63) is 42.5 Å². The van der Waals surface area contributed by atoms with Gasteiger partial charge in [-0.15, -0.1) is 6.58 Å². The number of aliphatic hydroxyl groups is 2. The fourth-order valence-corrected chi connectivity index (χ4v) is 3.83. The van der Waals surface area contributed by atoms with Crippen molar-refractivity contribution in [2.45, 2.75) is 25.3 Å². The Kier molecular flexibility index (Phi) is 8.44. The number of rotatable bonds is 11. The van der Waals surface area contributed by atoms with Gasteiger partial charge in [-0.05, 0) is 37.1 Å². The van der Waals surface area contributed by atoms with E-state index >= 15 is 0 Å². The maximum Gasteiger partial charge on any atom is 0.183 e. The Labute approximate surface area is 162 Å². The largest absolute Gasteiger partial charge is 0.395 e. The Hall–Kier alpha value is -1.73. The second-order valence-corrected chi connectivity index (χ2v) is 6.79. The van der Waals surface area contributed by atoms with E-state index in [2.05, 4.69) is 18.4 Å². The van der Waals surface area contributed by atoms with E-state index in [1.54, 1.807) is 0 Å². The molecule has 0 aromatic heterocycles. The highest BCUT2D eigenvalue weighted by Gasteiger charge is 2.42. The summed E-state index contributed by atoms with van der Waals surface area (Å²) in [6.07, 6.45) is 3.14. The number of ether oxygens (including phenoxy) is 1. The third-order valence-corrected chi connectivity index (χ3v) is 5.34. The summed E-state index contributed by atoms with van der Waals surface area (Å²) in [5, 5.41) is 18.4. The summed E-state index contributed by atoms with van der Waals surface area (Å²) < 4.78 is 5.47. The van der Waals surface area contributed by atoms with Crippen molar-refractivity contribution in [2.75, 3.05) is 57.5 Å². The fraction of sp³-hybridized carbons (Fsp3) is 0.571. The molecule has 27 heavy (non-hydrogen) atoms. The molecule has 1 aliphatic heterocycles. The summed E-state index contributed by atoms with van der Waals surface area (Å²) >= 11 is 0. The van der Waals surface area contributed by atoms with Crippen LogP contribution in [0.1, 0.15) is 30.1 Å². The number of hydrogen-bond acceptors (Lipinski definition) is 6. The van der Waals surface area contributed by atoms with E-state index in [1.165, 1.54) is 0 Å². The third-order valence-electron chi connectivity index (χ3n) is 5.34. The first kappa shape index (κ1) is 21.6. The van der Waals surface area contributed by atoms with E-state index in [0.29, 0.717) is 44.7 Å². The lowest BCUT2D eigenvalue weighted by Gasteiger charge is -2.43. The zero-order valence-electron chi connectivity index (χ0n) is 16.3. The number of carbonyl (C=O) groups is 1. The zero-order chi connectivity index (χ0) is 19.7. The van der Waals surface area contributed by atoms with Gasteiger partial charge >= 0.3 is 0 Å². The van der Waals surface area contributed by atoms with Gasteiger partial charge < -0.3 is 19.8 Å². The Morgan fingerprint density at radius 1 is 1.22 bits per heavy atom. The lowest BCUT2D eigenvalue weighted by atomic mass is 9.81. The third kappa shape index (κ3) is 4.96. The maximum absolute atomic E-state index is 13.5. The molecule has 1 fully saturated rings. The highest BCUT2D eigenvalue weighted by Crippen LogP contribution is 2.31. The monoisotopic (exact) mass is 376 g/mol. The molecule has 1 heterocycles. The molecule has 2 rings (SSSR count). The predicted octanol–water partition coefficient (Wildman–Crippen LogP) is 1.72. The lowest BCUT2D eigenvalue weighted by Crippen LogP contribution is -2.57. The minimum Gasteiger partial charge on any atom is -0.395 e. The lowest BCUT2D eigenvalue weighted by molar-refractivity contribution is -0.0154. The topological polar surface area (TPSA) is 73.2 Å². The smallest absolute Gasteiger partial charge is 0.183 e. The molecule has 0 spiro atoms. The van der Waals surface area contributed by atoms with Crippen LogP contribution in [0.4, 0.5) is 5.69 Å². The first-order chi connectivity index (χ1) is 13.1. The van der Waals surface area contributed by atoms with Crippen LogP contribution >= 0.6 is 0 Å². The summed E-state index contributed by atoms with van der Waals surface area (Å²) in [4.78, 5) is 17.6. The van der Waals surface area contributed by atoms with E-state index in [9.17, 15) is 15.0 Å². The maximum atomic E-state index is 13.5. The molecule has 1 atom stereocenters. The van der Waals surface area contributed by atoms with Crippen LogP contribution in [-0.4, -0.2) is 79.0 Å². The molecule has 0 saturated carbocycles. The number of benzene rings is 1. The van der Waals surface area contributed by atoms with Gasteiger partial charge in [0, 0.05) is 37.4 Å². The van der Waals surface area contributed by atoms with Crippen molar-refractivity contribution in [3.63, 3.8) is 0 Å². The first-order valence-electron chi connectivity index (χ1n) is 9.68. The number of carbonyl (C=O) groups excluding carboxylic acids is 1. The van der Waals surface area contributed by atoms with Gasteiger partial charge in [0.15, 0.2) is 5.78 Å². The summed E-state index contributed by atoms with van der Waals surface area (Å²) in [5.41, 5.74) is 0.955. The van der Waals surface area contributed by atoms with Gasteiger partial charge in [0.2, 0.25) is 0 Å². The minimum absolute atomic E-state index is 0.00991. The molecule has 6 nitrogen and oxygen atoms in total. The second-order valence-electron chi connectivity index (χ2n) is 6.79. The molecule has 6 heteroatoms. The van der Waals surface area contributed by atoms with Gasteiger partial charge in [0.25, 0.3) is 0 Å². The molecular formula is C21H32N2O4. The van der Waals surface area contributed by atoms with Crippen LogP contribution in [-0.2, 0) is 4.74 Å². The van der Waals surface area contributed by atoms with Crippen molar-refractivity contribution in [2.24, 2.45) is 0 Å². The second kappa shape index (κ2) is 10.6. The number of ketones is 1. The Bertz CT molecular complexity index is 593. The molecule has 0 radical (unpaired) electrons. The van der Waals surface area contributed by atoms with Crippen molar-refractivity contribution in [1.29, 1.82) is 0 Å².